The molecular formula is C14H16N2O3. The highest BCUT2D eigenvalue weighted by atomic mass is 16.6. The molecule has 19 heavy (non-hydrogen) atoms. The molecule has 0 amide bonds. The molecule has 0 atom stereocenters. The van der Waals surface area contributed by atoms with Crippen LogP contribution in [0.1, 0.15) is 26.3 Å². The molecule has 0 bridgehead atoms. The van der Waals surface area contributed by atoms with E-state index in [1.807, 2.05) is 26.8 Å². The summed E-state index contributed by atoms with van der Waals surface area (Å²) in [4.78, 5) is 10.1. The van der Waals surface area contributed by atoms with Gasteiger partial charge in [0.2, 0.25) is 0 Å². The van der Waals surface area contributed by atoms with Gasteiger partial charge in [0.1, 0.15) is 12.4 Å². The topological polar surface area (TPSA) is 76.2 Å². The Morgan fingerprint density at radius 3 is 2.42 bits per heavy atom. The molecule has 0 aliphatic heterocycles. The molecule has 0 aliphatic rings. The van der Waals surface area contributed by atoms with E-state index in [9.17, 15) is 10.1 Å². The van der Waals surface area contributed by atoms with Gasteiger partial charge in [0.25, 0.3) is 5.69 Å². The van der Waals surface area contributed by atoms with Crippen LogP contribution in [0.25, 0.3) is 0 Å². The number of rotatable bonds is 4. The summed E-state index contributed by atoms with van der Waals surface area (Å²) in [6.07, 6.45) is 1.38. The molecule has 5 nitrogen and oxygen atoms in total. The maximum absolute atomic E-state index is 10.5. The van der Waals surface area contributed by atoms with Crippen molar-refractivity contribution in [1.29, 1.82) is 5.26 Å². The number of nitro benzene ring substituents is 1. The Hall–Kier alpha value is -2.35. The summed E-state index contributed by atoms with van der Waals surface area (Å²) < 4.78 is 5.60. The average Bonchev–Trinajstić information content (AvgIpc) is 2.33. The maximum atomic E-state index is 10.5. The van der Waals surface area contributed by atoms with Crippen molar-refractivity contribution in [3.63, 3.8) is 0 Å². The smallest absolute Gasteiger partial charge is 0.269 e. The second-order valence-electron chi connectivity index (χ2n) is 5.10. The van der Waals surface area contributed by atoms with E-state index in [4.69, 9.17) is 10.00 Å². The quantitative estimate of drug-likeness (QED) is 0.359. The molecule has 0 unspecified atom stereocenters. The van der Waals surface area contributed by atoms with Crippen molar-refractivity contribution < 1.29 is 9.66 Å². The number of nitro groups is 1. The summed E-state index contributed by atoms with van der Waals surface area (Å²) >= 11 is 0. The number of hydrogen-bond donors (Lipinski definition) is 0. The molecule has 5 heteroatoms. The Balaban J connectivity index is 2.73. The minimum absolute atomic E-state index is 0.0485. The molecule has 0 N–H and O–H groups in total. The van der Waals surface area contributed by atoms with Crippen LogP contribution < -0.4 is 0 Å². The number of benzene rings is 1. The van der Waals surface area contributed by atoms with Gasteiger partial charge in [-0.3, -0.25) is 10.1 Å². The second kappa shape index (κ2) is 6.01. The van der Waals surface area contributed by atoms with Crippen molar-refractivity contribution in [3.8, 4) is 6.07 Å². The molecule has 100 valence electrons. The normalized spacial score (nSPS) is 11.8. The van der Waals surface area contributed by atoms with Gasteiger partial charge >= 0.3 is 0 Å². The Morgan fingerprint density at radius 2 is 2.00 bits per heavy atom. The Kier molecular flexibility index (Phi) is 4.65. The third-order valence-corrected chi connectivity index (χ3v) is 2.48. The fraction of sp³-hybridized carbons (Fsp3) is 0.357. The van der Waals surface area contributed by atoms with Crippen LogP contribution >= 0.6 is 0 Å². The summed E-state index contributed by atoms with van der Waals surface area (Å²) in [5.41, 5.74) is 0.613. The number of allylic oxidation sites excluding steroid dienone is 2. The van der Waals surface area contributed by atoms with Gasteiger partial charge in [-0.15, -0.1) is 0 Å². The molecule has 1 aromatic rings. The zero-order valence-corrected chi connectivity index (χ0v) is 11.2. The monoisotopic (exact) mass is 260 g/mol. The molecule has 1 aromatic carbocycles. The van der Waals surface area contributed by atoms with Gasteiger partial charge in [-0.05, 0) is 17.7 Å². The minimum Gasteiger partial charge on any atom is -0.492 e. The highest BCUT2D eigenvalue weighted by Crippen LogP contribution is 2.27. The first-order valence-corrected chi connectivity index (χ1v) is 5.81. The zero-order valence-electron chi connectivity index (χ0n) is 11.2. The Labute approximate surface area is 112 Å². The molecule has 1 rings (SSSR count). The lowest BCUT2D eigenvalue weighted by atomic mass is 9.93. The number of hydrogen-bond acceptors (Lipinski definition) is 4. The SMILES string of the molecule is CC(C)(C)/C(=C/C#N)OCc1ccc([N+](=O)[O-])cc1. The fourth-order valence-corrected chi connectivity index (χ4v) is 1.41. The van der Waals surface area contributed by atoms with E-state index < -0.39 is 4.92 Å². The van der Waals surface area contributed by atoms with Crippen molar-refractivity contribution in [2.45, 2.75) is 27.4 Å². The predicted octanol–water partition coefficient (Wildman–Crippen LogP) is 3.56. The molecule has 0 heterocycles. The van der Waals surface area contributed by atoms with Crippen LogP contribution in [0.2, 0.25) is 0 Å². The lowest BCUT2D eigenvalue weighted by molar-refractivity contribution is -0.384. The van der Waals surface area contributed by atoms with Crippen molar-refractivity contribution >= 4 is 5.69 Å². The van der Waals surface area contributed by atoms with E-state index in [2.05, 4.69) is 0 Å². The van der Waals surface area contributed by atoms with Gasteiger partial charge in [-0.2, -0.15) is 5.26 Å². The lowest BCUT2D eigenvalue weighted by Gasteiger charge is -2.22. The molecular weight excluding hydrogens is 244 g/mol. The van der Waals surface area contributed by atoms with Crippen molar-refractivity contribution in [3.05, 3.63) is 51.8 Å². The summed E-state index contributed by atoms with van der Waals surface area (Å²) in [5.74, 6) is 0.591. The maximum Gasteiger partial charge on any atom is 0.269 e. The van der Waals surface area contributed by atoms with Crippen LogP contribution in [0.4, 0.5) is 5.69 Å². The first-order valence-electron chi connectivity index (χ1n) is 5.81. The van der Waals surface area contributed by atoms with Gasteiger partial charge < -0.3 is 4.74 Å². The summed E-state index contributed by atoms with van der Waals surface area (Å²) in [7, 11) is 0. The van der Waals surface area contributed by atoms with Gasteiger partial charge in [-0.25, -0.2) is 0 Å². The summed E-state index contributed by atoms with van der Waals surface area (Å²) in [6.45, 7) is 6.13. The molecule has 0 saturated heterocycles. The summed E-state index contributed by atoms with van der Waals surface area (Å²) in [6, 6.07) is 8.11. The van der Waals surface area contributed by atoms with E-state index in [0.717, 1.165) is 5.56 Å². The number of ether oxygens (including phenoxy) is 1. The van der Waals surface area contributed by atoms with Crippen LogP contribution in [-0.4, -0.2) is 4.92 Å². The Morgan fingerprint density at radius 1 is 1.42 bits per heavy atom. The van der Waals surface area contributed by atoms with Crippen molar-refractivity contribution in [2.24, 2.45) is 5.41 Å². The fourth-order valence-electron chi connectivity index (χ4n) is 1.41. The van der Waals surface area contributed by atoms with E-state index in [1.165, 1.54) is 18.2 Å². The molecule has 0 saturated carbocycles. The average molecular weight is 260 g/mol. The lowest BCUT2D eigenvalue weighted by Crippen LogP contribution is -2.12. The van der Waals surface area contributed by atoms with E-state index in [0.29, 0.717) is 5.76 Å². The standard InChI is InChI=1S/C14H16N2O3/c1-14(2,3)13(8-9-15)19-10-11-4-6-12(7-5-11)16(17)18/h4-8H,10H2,1-3H3/b13-8-. The first kappa shape index (κ1) is 14.7. The third-order valence-electron chi connectivity index (χ3n) is 2.48. The number of nitrogens with zero attached hydrogens (tertiary/aromatic N) is 2. The van der Waals surface area contributed by atoms with Gasteiger partial charge in [-0.1, -0.05) is 20.8 Å². The van der Waals surface area contributed by atoms with Crippen molar-refractivity contribution in [1.82, 2.24) is 0 Å². The molecule has 0 aromatic heterocycles. The number of nitriles is 1. The van der Waals surface area contributed by atoms with Crippen LogP contribution in [0.5, 0.6) is 0 Å². The summed E-state index contributed by atoms with van der Waals surface area (Å²) in [5, 5.41) is 19.2. The predicted molar refractivity (Wildman–Crippen MR) is 71.0 cm³/mol. The highest BCUT2D eigenvalue weighted by Gasteiger charge is 2.18. The van der Waals surface area contributed by atoms with Gasteiger partial charge in [0.15, 0.2) is 0 Å². The van der Waals surface area contributed by atoms with Crippen LogP contribution in [0, 0.1) is 26.9 Å². The second-order valence-corrected chi connectivity index (χ2v) is 5.10. The van der Waals surface area contributed by atoms with Crippen LogP contribution in [0.15, 0.2) is 36.1 Å². The van der Waals surface area contributed by atoms with E-state index in [-0.39, 0.29) is 17.7 Å². The molecule has 0 aliphatic carbocycles. The van der Waals surface area contributed by atoms with E-state index >= 15 is 0 Å². The largest absolute Gasteiger partial charge is 0.492 e. The van der Waals surface area contributed by atoms with Crippen molar-refractivity contribution in [2.75, 3.05) is 0 Å². The van der Waals surface area contributed by atoms with Gasteiger partial charge in [0, 0.05) is 17.5 Å². The number of non-ortho nitro benzene ring substituents is 1. The van der Waals surface area contributed by atoms with Crippen LogP contribution in [-0.2, 0) is 11.3 Å². The van der Waals surface area contributed by atoms with Crippen LogP contribution in [0.3, 0.4) is 0 Å². The third kappa shape index (κ3) is 4.43. The first-order chi connectivity index (χ1) is 8.84. The van der Waals surface area contributed by atoms with Gasteiger partial charge in [0.05, 0.1) is 17.1 Å². The molecule has 0 fully saturated rings. The van der Waals surface area contributed by atoms with E-state index in [1.54, 1.807) is 12.1 Å². The Bertz CT molecular complexity index is 519. The minimum atomic E-state index is -0.444. The molecule has 0 radical (unpaired) electrons. The zero-order chi connectivity index (χ0) is 14.5. The highest BCUT2D eigenvalue weighted by molar-refractivity contribution is 5.32. The molecule has 0 spiro atoms.